The van der Waals surface area contributed by atoms with Crippen LogP contribution in [0.3, 0.4) is 0 Å². The van der Waals surface area contributed by atoms with Crippen LogP contribution in [0.25, 0.3) is 22.2 Å². The zero-order valence-electron chi connectivity index (χ0n) is 12.1. The number of nitrogens with two attached hydrogens (primary N) is 1. The molecule has 21 heavy (non-hydrogen) atoms. The molecule has 4 nitrogen and oxygen atoms in total. The Kier molecular flexibility index (Phi) is 3.77. The standard InChI is InChI=1S/C17H18N4/c1-2-3-6-17-20-15(11-16(18)21-17)13-8-7-12-5-4-9-19-14(12)10-13/h4-5,7-11H,2-3,6H2,1H3,(H2,18,20,21). The molecule has 106 valence electrons. The Morgan fingerprint density at radius 3 is 2.86 bits per heavy atom. The van der Waals surface area contributed by atoms with Gasteiger partial charge in [0.25, 0.3) is 0 Å². The van der Waals surface area contributed by atoms with Gasteiger partial charge in [0.2, 0.25) is 0 Å². The normalized spacial score (nSPS) is 10.9. The molecular formula is C17H18N4. The van der Waals surface area contributed by atoms with Gasteiger partial charge in [-0.25, -0.2) is 9.97 Å². The van der Waals surface area contributed by atoms with E-state index in [0.717, 1.165) is 47.2 Å². The molecule has 0 aliphatic carbocycles. The Morgan fingerprint density at radius 2 is 2.00 bits per heavy atom. The lowest BCUT2D eigenvalue weighted by Crippen LogP contribution is -2.01. The van der Waals surface area contributed by atoms with Crippen LogP contribution in [-0.4, -0.2) is 15.0 Å². The third-order valence-electron chi connectivity index (χ3n) is 3.45. The minimum atomic E-state index is 0.521. The number of rotatable bonds is 4. The first-order valence-electron chi connectivity index (χ1n) is 7.25. The lowest BCUT2D eigenvalue weighted by atomic mass is 10.1. The third-order valence-corrected chi connectivity index (χ3v) is 3.45. The molecule has 0 saturated heterocycles. The van der Waals surface area contributed by atoms with Crippen molar-refractivity contribution in [3.63, 3.8) is 0 Å². The number of nitrogen functional groups attached to an aromatic ring is 1. The number of aryl methyl sites for hydroxylation is 1. The quantitative estimate of drug-likeness (QED) is 0.791. The lowest BCUT2D eigenvalue weighted by Gasteiger charge is -2.06. The average molecular weight is 278 g/mol. The van der Waals surface area contributed by atoms with E-state index in [-0.39, 0.29) is 0 Å². The molecule has 2 heterocycles. The van der Waals surface area contributed by atoms with Gasteiger partial charge in [0.15, 0.2) is 0 Å². The molecular weight excluding hydrogens is 260 g/mol. The maximum atomic E-state index is 5.91. The van der Waals surface area contributed by atoms with Gasteiger partial charge in [-0.15, -0.1) is 0 Å². The van der Waals surface area contributed by atoms with Gasteiger partial charge in [-0.3, -0.25) is 4.98 Å². The van der Waals surface area contributed by atoms with Crippen molar-refractivity contribution < 1.29 is 0 Å². The van der Waals surface area contributed by atoms with Crippen LogP contribution in [0, 0.1) is 0 Å². The van der Waals surface area contributed by atoms with E-state index in [4.69, 9.17) is 5.73 Å². The molecule has 4 heteroatoms. The first-order valence-corrected chi connectivity index (χ1v) is 7.25. The van der Waals surface area contributed by atoms with Gasteiger partial charge in [-0.05, 0) is 18.6 Å². The van der Waals surface area contributed by atoms with Crippen molar-refractivity contribution in [1.29, 1.82) is 0 Å². The van der Waals surface area contributed by atoms with Crippen molar-refractivity contribution >= 4 is 16.7 Å². The molecule has 0 bridgehead atoms. The van der Waals surface area contributed by atoms with E-state index in [1.54, 1.807) is 6.20 Å². The highest BCUT2D eigenvalue weighted by atomic mass is 14.9. The molecule has 0 atom stereocenters. The third kappa shape index (κ3) is 2.99. The molecule has 2 N–H and O–H groups in total. The lowest BCUT2D eigenvalue weighted by molar-refractivity contribution is 0.754. The summed E-state index contributed by atoms with van der Waals surface area (Å²) in [6, 6.07) is 12.0. The molecule has 0 unspecified atom stereocenters. The average Bonchev–Trinajstić information content (AvgIpc) is 2.52. The zero-order chi connectivity index (χ0) is 14.7. The van der Waals surface area contributed by atoms with Gasteiger partial charge in [-0.2, -0.15) is 0 Å². The number of benzene rings is 1. The summed E-state index contributed by atoms with van der Waals surface area (Å²) in [6.45, 7) is 2.15. The van der Waals surface area contributed by atoms with Gasteiger partial charge in [0.1, 0.15) is 11.6 Å². The monoisotopic (exact) mass is 278 g/mol. The van der Waals surface area contributed by atoms with Crippen LogP contribution in [0.1, 0.15) is 25.6 Å². The molecule has 1 aromatic carbocycles. The zero-order valence-corrected chi connectivity index (χ0v) is 12.1. The second-order valence-electron chi connectivity index (χ2n) is 5.11. The molecule has 0 fully saturated rings. The van der Waals surface area contributed by atoms with Crippen molar-refractivity contribution in [3.8, 4) is 11.3 Å². The number of fused-ring (bicyclic) bond motifs is 1. The molecule has 2 aromatic heterocycles. The first kappa shape index (κ1) is 13.5. The van der Waals surface area contributed by atoms with Crippen molar-refractivity contribution in [2.45, 2.75) is 26.2 Å². The van der Waals surface area contributed by atoms with E-state index in [0.29, 0.717) is 5.82 Å². The van der Waals surface area contributed by atoms with Crippen molar-refractivity contribution in [2.75, 3.05) is 5.73 Å². The summed E-state index contributed by atoms with van der Waals surface area (Å²) in [4.78, 5) is 13.3. The maximum Gasteiger partial charge on any atom is 0.131 e. The number of hydrogen-bond acceptors (Lipinski definition) is 4. The predicted octanol–water partition coefficient (Wildman–Crippen LogP) is 3.62. The van der Waals surface area contributed by atoms with E-state index in [1.807, 2.05) is 24.3 Å². The number of unbranched alkanes of at least 4 members (excludes halogenated alkanes) is 1. The second kappa shape index (κ2) is 5.87. The molecule has 0 spiro atoms. The molecule has 0 saturated carbocycles. The molecule has 0 radical (unpaired) electrons. The van der Waals surface area contributed by atoms with Crippen LogP contribution >= 0.6 is 0 Å². The Morgan fingerprint density at radius 1 is 1.10 bits per heavy atom. The molecule has 0 amide bonds. The summed E-state index contributed by atoms with van der Waals surface area (Å²) in [5, 5.41) is 1.12. The summed E-state index contributed by atoms with van der Waals surface area (Å²) < 4.78 is 0. The van der Waals surface area contributed by atoms with Crippen LogP contribution < -0.4 is 5.73 Å². The van der Waals surface area contributed by atoms with E-state index in [9.17, 15) is 0 Å². The number of pyridine rings is 1. The number of aromatic nitrogens is 3. The van der Waals surface area contributed by atoms with Crippen molar-refractivity contribution in [3.05, 3.63) is 48.4 Å². The largest absolute Gasteiger partial charge is 0.384 e. The molecule has 3 aromatic rings. The summed E-state index contributed by atoms with van der Waals surface area (Å²) in [5.74, 6) is 1.33. The fourth-order valence-corrected chi connectivity index (χ4v) is 2.34. The van der Waals surface area contributed by atoms with Crippen LogP contribution in [0.5, 0.6) is 0 Å². The summed E-state index contributed by atoms with van der Waals surface area (Å²) in [7, 11) is 0. The molecule has 3 rings (SSSR count). The van der Waals surface area contributed by atoms with Gasteiger partial charge < -0.3 is 5.73 Å². The molecule has 0 aliphatic heterocycles. The van der Waals surface area contributed by atoms with E-state index in [1.165, 1.54) is 0 Å². The fraction of sp³-hybridized carbons (Fsp3) is 0.235. The van der Waals surface area contributed by atoms with E-state index < -0.39 is 0 Å². The number of hydrogen-bond donors (Lipinski definition) is 1. The minimum Gasteiger partial charge on any atom is -0.384 e. The van der Waals surface area contributed by atoms with Crippen molar-refractivity contribution in [2.24, 2.45) is 0 Å². The van der Waals surface area contributed by atoms with Crippen molar-refractivity contribution in [1.82, 2.24) is 15.0 Å². The minimum absolute atomic E-state index is 0.521. The Labute approximate surface area is 124 Å². The van der Waals surface area contributed by atoms with Crippen LogP contribution in [0.4, 0.5) is 5.82 Å². The Bertz CT molecular complexity index is 768. The summed E-state index contributed by atoms with van der Waals surface area (Å²) >= 11 is 0. The highest BCUT2D eigenvalue weighted by Gasteiger charge is 2.06. The van der Waals surface area contributed by atoms with Gasteiger partial charge >= 0.3 is 0 Å². The van der Waals surface area contributed by atoms with Crippen LogP contribution in [0.15, 0.2) is 42.6 Å². The summed E-state index contributed by atoms with van der Waals surface area (Å²) in [5.41, 5.74) is 8.76. The van der Waals surface area contributed by atoms with Gasteiger partial charge in [0.05, 0.1) is 11.2 Å². The maximum absolute atomic E-state index is 5.91. The van der Waals surface area contributed by atoms with E-state index >= 15 is 0 Å². The van der Waals surface area contributed by atoms with Crippen LogP contribution in [0.2, 0.25) is 0 Å². The Balaban J connectivity index is 2.02. The highest BCUT2D eigenvalue weighted by molar-refractivity contribution is 5.83. The Hall–Kier alpha value is -2.49. The first-order chi connectivity index (χ1) is 10.3. The van der Waals surface area contributed by atoms with E-state index in [2.05, 4.69) is 34.0 Å². The second-order valence-corrected chi connectivity index (χ2v) is 5.11. The van der Waals surface area contributed by atoms with Gasteiger partial charge in [0, 0.05) is 29.6 Å². The number of nitrogens with zero attached hydrogens (tertiary/aromatic N) is 3. The fourth-order valence-electron chi connectivity index (χ4n) is 2.34. The molecule has 0 aliphatic rings. The van der Waals surface area contributed by atoms with Gasteiger partial charge in [-0.1, -0.05) is 31.5 Å². The smallest absolute Gasteiger partial charge is 0.131 e. The highest BCUT2D eigenvalue weighted by Crippen LogP contribution is 2.23. The van der Waals surface area contributed by atoms with Crippen LogP contribution in [-0.2, 0) is 6.42 Å². The topological polar surface area (TPSA) is 64.7 Å². The SMILES string of the molecule is CCCCc1nc(N)cc(-c2ccc3cccnc3c2)n1. The number of anilines is 1. The summed E-state index contributed by atoms with van der Waals surface area (Å²) in [6.07, 6.45) is 4.85. The predicted molar refractivity (Wildman–Crippen MR) is 85.8 cm³/mol.